The molecule has 0 aliphatic carbocycles. The van der Waals surface area contributed by atoms with Crippen LogP contribution in [0.3, 0.4) is 0 Å². The van der Waals surface area contributed by atoms with Crippen LogP contribution in [-0.2, 0) is 17.7 Å². The first-order valence-corrected chi connectivity index (χ1v) is 8.71. The quantitative estimate of drug-likeness (QED) is 0.747. The number of azo groups is 1. The van der Waals surface area contributed by atoms with Crippen LogP contribution in [0.2, 0.25) is 0 Å². The fourth-order valence-corrected chi connectivity index (χ4v) is 2.37. The van der Waals surface area contributed by atoms with Crippen molar-refractivity contribution < 1.29 is 19.4 Å². The van der Waals surface area contributed by atoms with Crippen LogP contribution in [0.4, 0.5) is 4.79 Å². The van der Waals surface area contributed by atoms with Crippen LogP contribution in [0.25, 0.3) is 0 Å². The van der Waals surface area contributed by atoms with E-state index in [4.69, 9.17) is 14.6 Å². The topological polar surface area (TPSA) is 98.3 Å². The highest BCUT2D eigenvalue weighted by Crippen LogP contribution is 2.23. The van der Waals surface area contributed by atoms with E-state index in [0.29, 0.717) is 18.7 Å². The summed E-state index contributed by atoms with van der Waals surface area (Å²) in [6, 6.07) is 8.94. The summed E-state index contributed by atoms with van der Waals surface area (Å²) in [6.45, 7) is 5.69. The smallest absolute Gasteiger partial charge is 0.452 e. The number of carbonyl (C=O) groups excluding carboxylic acids is 1. The molecule has 27 heavy (non-hydrogen) atoms. The highest BCUT2D eigenvalue weighted by atomic mass is 16.6. The van der Waals surface area contributed by atoms with Crippen LogP contribution in [0, 0.1) is 0 Å². The Bertz CT molecular complexity index is 763. The molecular formula is C19H26N4O4. The fraction of sp³-hybridized carbons (Fsp3) is 0.474. The van der Waals surface area contributed by atoms with Gasteiger partial charge in [0.1, 0.15) is 17.4 Å². The highest BCUT2D eigenvalue weighted by Gasteiger charge is 2.19. The first-order valence-electron chi connectivity index (χ1n) is 8.71. The van der Waals surface area contributed by atoms with Crippen molar-refractivity contribution in [2.24, 2.45) is 10.2 Å². The molecule has 8 nitrogen and oxygen atoms in total. The second-order valence-electron chi connectivity index (χ2n) is 6.99. The van der Waals surface area contributed by atoms with E-state index in [1.807, 2.05) is 24.3 Å². The maximum Gasteiger partial charge on any atom is 0.452 e. The Morgan fingerprint density at radius 2 is 1.96 bits per heavy atom. The van der Waals surface area contributed by atoms with Crippen molar-refractivity contribution in [2.75, 3.05) is 13.7 Å². The Kier molecular flexibility index (Phi) is 7.06. The molecule has 1 amide bonds. The summed E-state index contributed by atoms with van der Waals surface area (Å²) in [7, 11) is 1.61. The number of rotatable bonds is 7. The first kappa shape index (κ1) is 20.6. The number of ether oxygens (including phenoxy) is 2. The van der Waals surface area contributed by atoms with E-state index in [1.165, 1.54) is 0 Å². The summed E-state index contributed by atoms with van der Waals surface area (Å²) in [5.74, 6) is 0.762. The average Bonchev–Trinajstić information content (AvgIpc) is 3.06. The van der Waals surface area contributed by atoms with E-state index >= 15 is 0 Å². The number of carbonyl (C=O) groups is 1. The largest absolute Gasteiger partial charge is 0.497 e. The molecule has 1 heterocycles. The molecule has 0 saturated heterocycles. The van der Waals surface area contributed by atoms with E-state index in [1.54, 1.807) is 44.8 Å². The lowest BCUT2D eigenvalue weighted by Gasteiger charge is -2.17. The number of aromatic nitrogens is 2. The number of methoxy groups -OCH3 is 1. The molecule has 8 heteroatoms. The van der Waals surface area contributed by atoms with E-state index in [9.17, 15) is 4.79 Å². The Morgan fingerprint density at radius 1 is 1.26 bits per heavy atom. The van der Waals surface area contributed by atoms with Gasteiger partial charge in [-0.25, -0.2) is 4.79 Å². The van der Waals surface area contributed by atoms with Gasteiger partial charge in [-0.15, -0.1) is 0 Å². The minimum Gasteiger partial charge on any atom is -0.497 e. The average molecular weight is 374 g/mol. The van der Waals surface area contributed by atoms with Gasteiger partial charge in [0.25, 0.3) is 0 Å². The van der Waals surface area contributed by atoms with Gasteiger partial charge in [-0.3, -0.25) is 4.68 Å². The molecule has 0 bridgehead atoms. The molecule has 0 unspecified atom stereocenters. The van der Waals surface area contributed by atoms with Crippen molar-refractivity contribution in [3.05, 3.63) is 47.8 Å². The molecule has 2 rings (SSSR count). The normalized spacial score (nSPS) is 12.9. The molecule has 1 atom stereocenters. The van der Waals surface area contributed by atoms with E-state index in [2.05, 4.69) is 15.3 Å². The Hall–Kier alpha value is -2.74. The number of hydrogen-bond acceptors (Lipinski definition) is 6. The molecule has 0 saturated carbocycles. The number of aliphatic hydroxyl groups is 1. The van der Waals surface area contributed by atoms with E-state index < -0.39 is 17.7 Å². The lowest BCUT2D eigenvalue weighted by atomic mass is 10.0. The summed E-state index contributed by atoms with van der Waals surface area (Å²) < 4.78 is 12.0. The zero-order chi connectivity index (χ0) is 19.9. The molecule has 1 aromatic heterocycles. The zero-order valence-electron chi connectivity index (χ0n) is 16.1. The van der Waals surface area contributed by atoms with Crippen LogP contribution in [0.1, 0.15) is 38.1 Å². The summed E-state index contributed by atoms with van der Waals surface area (Å²) >= 11 is 0. The lowest BCUT2D eigenvalue weighted by Crippen LogP contribution is -2.21. The molecule has 146 valence electrons. The predicted molar refractivity (Wildman–Crippen MR) is 99.8 cm³/mol. The summed E-state index contributed by atoms with van der Waals surface area (Å²) in [5, 5.41) is 21.4. The molecule has 1 N–H and O–H groups in total. The third kappa shape index (κ3) is 6.82. The summed E-state index contributed by atoms with van der Waals surface area (Å²) in [6.07, 6.45) is 1.53. The van der Waals surface area contributed by atoms with Gasteiger partial charge in [0.2, 0.25) is 0 Å². The molecule has 0 aliphatic rings. The Morgan fingerprint density at radius 3 is 2.56 bits per heavy atom. The van der Waals surface area contributed by atoms with Crippen LogP contribution in [-0.4, -0.2) is 40.3 Å². The van der Waals surface area contributed by atoms with Crippen molar-refractivity contribution in [3.8, 4) is 5.75 Å². The SMILES string of the molecule is COc1ccc(C[C@H](N=NC(=O)OC(C)(C)C)c2ccn(CCO)n2)cc1. The van der Waals surface area contributed by atoms with Crippen molar-refractivity contribution in [3.63, 3.8) is 0 Å². The molecule has 2 aromatic rings. The van der Waals surface area contributed by atoms with Gasteiger partial charge in [-0.2, -0.15) is 10.2 Å². The number of hydrogen-bond donors (Lipinski definition) is 1. The second kappa shape index (κ2) is 9.27. The third-order valence-electron chi connectivity index (χ3n) is 3.59. The second-order valence-corrected chi connectivity index (χ2v) is 6.99. The Balaban J connectivity index is 2.19. The van der Waals surface area contributed by atoms with Crippen molar-refractivity contribution in [1.29, 1.82) is 0 Å². The van der Waals surface area contributed by atoms with Gasteiger partial charge in [-0.05, 0) is 44.5 Å². The summed E-state index contributed by atoms with van der Waals surface area (Å²) in [5.41, 5.74) is 1.02. The number of amides is 1. The van der Waals surface area contributed by atoms with E-state index in [-0.39, 0.29) is 6.61 Å². The number of aliphatic hydroxyl groups excluding tert-OH is 1. The third-order valence-corrected chi connectivity index (χ3v) is 3.59. The predicted octanol–water partition coefficient (Wildman–Crippen LogP) is 3.56. The van der Waals surface area contributed by atoms with Gasteiger partial charge >= 0.3 is 6.09 Å². The summed E-state index contributed by atoms with van der Waals surface area (Å²) in [4.78, 5) is 11.9. The van der Waals surface area contributed by atoms with Gasteiger partial charge in [0.15, 0.2) is 0 Å². The van der Waals surface area contributed by atoms with E-state index in [0.717, 1.165) is 11.3 Å². The van der Waals surface area contributed by atoms with Crippen LogP contribution in [0.5, 0.6) is 5.75 Å². The molecule has 1 aromatic carbocycles. The van der Waals surface area contributed by atoms with Gasteiger partial charge in [0, 0.05) is 12.6 Å². The van der Waals surface area contributed by atoms with Gasteiger partial charge < -0.3 is 14.6 Å². The first-order chi connectivity index (χ1) is 12.8. The van der Waals surface area contributed by atoms with Gasteiger partial charge in [-0.1, -0.05) is 17.2 Å². The molecule has 0 spiro atoms. The monoisotopic (exact) mass is 374 g/mol. The Labute approximate surface area is 158 Å². The van der Waals surface area contributed by atoms with Crippen molar-refractivity contribution >= 4 is 6.09 Å². The molecule has 0 radical (unpaired) electrons. The molecule has 0 aliphatic heterocycles. The van der Waals surface area contributed by atoms with Crippen molar-refractivity contribution in [2.45, 2.75) is 45.4 Å². The maximum atomic E-state index is 11.9. The minimum absolute atomic E-state index is 0.0102. The maximum absolute atomic E-state index is 11.9. The zero-order valence-corrected chi connectivity index (χ0v) is 16.1. The fourth-order valence-electron chi connectivity index (χ4n) is 2.37. The van der Waals surface area contributed by atoms with Crippen LogP contribution in [0.15, 0.2) is 46.8 Å². The minimum atomic E-state index is -0.739. The molecular weight excluding hydrogens is 348 g/mol. The van der Waals surface area contributed by atoms with Crippen LogP contribution < -0.4 is 4.74 Å². The van der Waals surface area contributed by atoms with Gasteiger partial charge in [0.05, 0.1) is 26.0 Å². The highest BCUT2D eigenvalue weighted by molar-refractivity contribution is 5.67. The van der Waals surface area contributed by atoms with Crippen LogP contribution >= 0.6 is 0 Å². The number of benzene rings is 1. The molecule has 0 fully saturated rings. The lowest BCUT2D eigenvalue weighted by molar-refractivity contribution is 0.0587. The standard InChI is InChI=1S/C19H26N4O4/c1-19(2,3)27-18(25)21-20-17(16-9-10-23(22-16)11-12-24)13-14-5-7-15(26-4)8-6-14/h5-10,17,24H,11-13H2,1-4H3/t17-/m0/s1. The number of nitrogens with zero attached hydrogens (tertiary/aromatic N) is 4. The van der Waals surface area contributed by atoms with Crippen molar-refractivity contribution in [1.82, 2.24) is 9.78 Å².